The smallest absolute Gasteiger partial charge is 0.283 e. The third kappa shape index (κ3) is 3.65. The fourth-order valence-corrected chi connectivity index (χ4v) is 5.87. The van der Waals surface area contributed by atoms with Gasteiger partial charge in [-0.15, -0.1) is 0 Å². The topological polar surface area (TPSA) is 94.8 Å². The van der Waals surface area contributed by atoms with Gasteiger partial charge in [-0.2, -0.15) is 8.42 Å². The van der Waals surface area contributed by atoms with Crippen LogP contribution in [0.5, 0.6) is 11.5 Å². The largest absolute Gasteiger partial charge is 0.508 e. The maximum Gasteiger partial charge on any atom is 0.283 e. The molecule has 0 aliphatic rings. The molecular weight excluding hydrogens is 482 g/mol. The Morgan fingerprint density at radius 2 is 1.38 bits per heavy atom. The summed E-state index contributed by atoms with van der Waals surface area (Å²) >= 11 is 24.8. The highest BCUT2D eigenvalue weighted by Gasteiger charge is 2.53. The van der Waals surface area contributed by atoms with Gasteiger partial charge in [-0.3, -0.25) is 4.55 Å². The van der Waals surface area contributed by atoms with Gasteiger partial charge in [0.05, 0.1) is 5.02 Å². The molecule has 1 atom stereocenters. The van der Waals surface area contributed by atoms with E-state index in [9.17, 15) is 23.2 Å². The van der Waals surface area contributed by atoms with Crippen LogP contribution in [0.2, 0.25) is 20.1 Å². The summed E-state index contributed by atoms with van der Waals surface area (Å²) in [6.07, 6.45) is 0. The van der Waals surface area contributed by atoms with E-state index in [1.807, 2.05) is 0 Å². The molecule has 5 nitrogen and oxygen atoms in total. The van der Waals surface area contributed by atoms with Crippen molar-refractivity contribution in [2.75, 3.05) is 0 Å². The highest BCUT2D eigenvalue weighted by molar-refractivity contribution is 7.87. The van der Waals surface area contributed by atoms with Gasteiger partial charge in [-0.05, 0) is 42.0 Å². The molecule has 152 valence electrons. The second-order valence-electron chi connectivity index (χ2n) is 6.09. The van der Waals surface area contributed by atoms with Crippen LogP contribution in [0.1, 0.15) is 16.7 Å². The van der Waals surface area contributed by atoms with Gasteiger partial charge in [-0.25, -0.2) is 0 Å². The van der Waals surface area contributed by atoms with E-state index in [-0.39, 0.29) is 37.0 Å². The van der Waals surface area contributed by atoms with Crippen molar-refractivity contribution in [3.05, 3.63) is 91.4 Å². The van der Waals surface area contributed by atoms with Crippen LogP contribution in [0.15, 0.2) is 54.6 Å². The summed E-state index contributed by atoms with van der Waals surface area (Å²) in [7, 11) is -5.16. The van der Waals surface area contributed by atoms with E-state index in [1.54, 1.807) is 0 Å². The van der Waals surface area contributed by atoms with Crippen LogP contribution in [0.4, 0.5) is 0 Å². The number of aromatic hydroxyl groups is 2. The first kappa shape index (κ1) is 22.0. The zero-order valence-corrected chi connectivity index (χ0v) is 18.1. The first-order chi connectivity index (χ1) is 13.5. The van der Waals surface area contributed by atoms with Crippen molar-refractivity contribution in [1.82, 2.24) is 0 Å². The van der Waals surface area contributed by atoms with Crippen molar-refractivity contribution in [2.45, 2.75) is 4.75 Å². The van der Waals surface area contributed by atoms with Crippen molar-refractivity contribution < 1.29 is 23.2 Å². The van der Waals surface area contributed by atoms with E-state index < -0.39 is 26.2 Å². The molecule has 0 amide bonds. The Labute approximate surface area is 186 Å². The fraction of sp³-hybridized carbons (Fsp3) is 0.0526. The molecule has 0 aliphatic carbocycles. The lowest BCUT2D eigenvalue weighted by Crippen LogP contribution is -2.39. The molecule has 1 unspecified atom stereocenters. The number of phenols is 2. The Hall–Kier alpha value is -1.67. The molecule has 3 aromatic rings. The molecule has 0 fully saturated rings. The second kappa shape index (κ2) is 7.87. The summed E-state index contributed by atoms with van der Waals surface area (Å²) in [5, 5.41) is 20.2. The third-order valence-electron chi connectivity index (χ3n) is 4.36. The zero-order chi connectivity index (χ0) is 21.6. The molecule has 0 saturated heterocycles. The van der Waals surface area contributed by atoms with Crippen LogP contribution in [0.3, 0.4) is 0 Å². The molecule has 3 aromatic carbocycles. The van der Waals surface area contributed by atoms with Crippen molar-refractivity contribution >= 4 is 56.5 Å². The Morgan fingerprint density at radius 3 is 1.93 bits per heavy atom. The lowest BCUT2D eigenvalue weighted by molar-refractivity contribution is 0.439. The van der Waals surface area contributed by atoms with Crippen LogP contribution in [-0.4, -0.2) is 23.2 Å². The Kier molecular flexibility index (Phi) is 5.98. The molecule has 3 N–H and O–H groups in total. The van der Waals surface area contributed by atoms with Gasteiger partial charge in [0.2, 0.25) is 0 Å². The maximum atomic E-state index is 13.0. The fourth-order valence-electron chi connectivity index (χ4n) is 3.24. The Bertz CT molecular complexity index is 1190. The molecule has 0 saturated carbocycles. The molecule has 0 aliphatic heterocycles. The normalized spacial score (nSPS) is 13.8. The monoisotopic (exact) mass is 492 g/mol. The van der Waals surface area contributed by atoms with Gasteiger partial charge in [0.1, 0.15) is 11.5 Å². The minimum Gasteiger partial charge on any atom is -0.508 e. The van der Waals surface area contributed by atoms with Crippen LogP contribution < -0.4 is 0 Å². The minimum absolute atomic E-state index is 0.0147. The van der Waals surface area contributed by atoms with E-state index in [0.717, 1.165) is 12.1 Å². The number of benzene rings is 3. The van der Waals surface area contributed by atoms with Crippen LogP contribution >= 0.6 is 46.4 Å². The summed E-state index contributed by atoms with van der Waals surface area (Å²) in [4.78, 5) is 0. The molecule has 29 heavy (non-hydrogen) atoms. The second-order valence-corrected chi connectivity index (χ2v) is 9.31. The predicted molar refractivity (Wildman–Crippen MR) is 114 cm³/mol. The van der Waals surface area contributed by atoms with Gasteiger partial charge >= 0.3 is 0 Å². The predicted octanol–water partition coefficient (Wildman–Crippen LogP) is 5.89. The van der Waals surface area contributed by atoms with E-state index in [1.165, 1.54) is 42.5 Å². The van der Waals surface area contributed by atoms with Crippen molar-refractivity contribution in [3.63, 3.8) is 0 Å². The molecular formula is C19H12Cl4O5S. The van der Waals surface area contributed by atoms with E-state index in [2.05, 4.69) is 0 Å². The molecule has 10 heteroatoms. The maximum absolute atomic E-state index is 13.0. The quantitative estimate of drug-likeness (QED) is 0.311. The Morgan fingerprint density at radius 1 is 0.793 bits per heavy atom. The van der Waals surface area contributed by atoms with Gasteiger partial charge in [0, 0.05) is 26.2 Å². The number of halogens is 4. The van der Waals surface area contributed by atoms with Gasteiger partial charge in [-0.1, -0.05) is 64.6 Å². The average Bonchev–Trinajstić information content (AvgIpc) is 2.60. The molecule has 0 spiro atoms. The van der Waals surface area contributed by atoms with Gasteiger partial charge in [0.15, 0.2) is 4.75 Å². The first-order valence-electron chi connectivity index (χ1n) is 7.89. The Balaban J connectivity index is 2.68. The standard InChI is InChI=1S/C19H12Cl4O5S/c20-11-8-13(18(25)16(23)9-11)19(29(26,27)28,10-3-1-4-12(24)7-10)17-14(21)5-2-6-15(17)22/h1-9,24-25H,(H,26,27,28). The molecule has 0 radical (unpaired) electrons. The summed E-state index contributed by atoms with van der Waals surface area (Å²) in [6.45, 7) is 0. The number of phenolic OH excluding ortho intramolecular Hbond substituents is 2. The highest BCUT2D eigenvalue weighted by Crippen LogP contribution is 2.53. The van der Waals surface area contributed by atoms with Crippen LogP contribution in [0, 0.1) is 0 Å². The summed E-state index contributed by atoms with van der Waals surface area (Å²) in [5.74, 6) is -0.959. The molecule has 0 aromatic heterocycles. The van der Waals surface area contributed by atoms with Crippen molar-refractivity contribution in [2.24, 2.45) is 0 Å². The van der Waals surface area contributed by atoms with Gasteiger partial charge in [0.25, 0.3) is 10.1 Å². The third-order valence-corrected chi connectivity index (χ3v) is 6.93. The highest BCUT2D eigenvalue weighted by atomic mass is 35.5. The first-order valence-corrected chi connectivity index (χ1v) is 10.8. The van der Waals surface area contributed by atoms with Crippen LogP contribution in [-0.2, 0) is 14.9 Å². The number of hydrogen-bond acceptors (Lipinski definition) is 4. The van der Waals surface area contributed by atoms with E-state index >= 15 is 0 Å². The van der Waals surface area contributed by atoms with Gasteiger partial charge < -0.3 is 10.2 Å². The molecule has 3 rings (SSSR count). The van der Waals surface area contributed by atoms with Crippen molar-refractivity contribution in [1.29, 1.82) is 0 Å². The number of hydrogen-bond donors (Lipinski definition) is 3. The average molecular weight is 494 g/mol. The minimum atomic E-state index is -5.16. The molecule has 0 heterocycles. The van der Waals surface area contributed by atoms with Crippen molar-refractivity contribution in [3.8, 4) is 11.5 Å². The SMILES string of the molecule is O=S(=O)(O)C(c1cccc(O)c1)(c1cc(Cl)cc(Cl)c1O)c1c(Cl)cccc1Cl. The van der Waals surface area contributed by atoms with Crippen LogP contribution in [0.25, 0.3) is 0 Å². The lowest BCUT2D eigenvalue weighted by atomic mass is 9.83. The lowest BCUT2D eigenvalue weighted by Gasteiger charge is -2.34. The number of rotatable bonds is 4. The zero-order valence-electron chi connectivity index (χ0n) is 14.3. The summed E-state index contributed by atoms with van der Waals surface area (Å²) in [6, 6.07) is 11.6. The molecule has 0 bridgehead atoms. The summed E-state index contributed by atoms with van der Waals surface area (Å²) in [5.41, 5.74) is -0.785. The summed E-state index contributed by atoms with van der Waals surface area (Å²) < 4.78 is 34.0. The van der Waals surface area contributed by atoms with E-state index in [4.69, 9.17) is 46.4 Å². The van der Waals surface area contributed by atoms with E-state index in [0.29, 0.717) is 0 Å².